The number of nitrogens with two attached hydrogens (primary N) is 1. The first-order valence-corrected chi connectivity index (χ1v) is 6.64. The van der Waals surface area contributed by atoms with Crippen LogP contribution in [0.5, 0.6) is 0 Å². The van der Waals surface area contributed by atoms with E-state index >= 15 is 0 Å². The van der Waals surface area contributed by atoms with Crippen molar-refractivity contribution < 1.29 is 23.5 Å². The van der Waals surface area contributed by atoms with Crippen LogP contribution in [0.3, 0.4) is 0 Å². The topological polar surface area (TPSA) is 83.6 Å². The number of rotatable bonds is 4. The van der Waals surface area contributed by atoms with Crippen molar-refractivity contribution in [1.29, 1.82) is 0 Å². The first-order chi connectivity index (χ1) is 9.88. The summed E-state index contributed by atoms with van der Waals surface area (Å²) < 4.78 is 28.0. The second-order valence-electron chi connectivity index (χ2n) is 5.18. The summed E-state index contributed by atoms with van der Waals surface area (Å²) in [6.07, 6.45) is 1.19. The fourth-order valence-corrected chi connectivity index (χ4v) is 2.62. The van der Waals surface area contributed by atoms with Crippen molar-refractivity contribution in [1.82, 2.24) is 0 Å². The Hall–Kier alpha value is -2.18. The van der Waals surface area contributed by atoms with Crippen molar-refractivity contribution in [3.05, 3.63) is 29.3 Å². The van der Waals surface area contributed by atoms with Crippen molar-refractivity contribution in [2.45, 2.75) is 19.3 Å². The zero-order chi connectivity index (χ0) is 15.6. The smallest absolute Gasteiger partial charge is 0.303 e. The van der Waals surface area contributed by atoms with Crippen molar-refractivity contribution in [2.75, 3.05) is 18.0 Å². The Balaban J connectivity index is 2.13. The zero-order valence-corrected chi connectivity index (χ0v) is 11.3. The molecule has 1 aromatic carbocycles. The van der Waals surface area contributed by atoms with Gasteiger partial charge in [0, 0.05) is 25.1 Å². The maximum atomic E-state index is 14.0. The second kappa shape index (κ2) is 6.07. The second-order valence-corrected chi connectivity index (χ2v) is 5.18. The normalized spacial score (nSPS) is 16.0. The number of carbonyl (C=O) groups is 2. The molecule has 1 amide bonds. The number of carboxylic acids is 1. The van der Waals surface area contributed by atoms with Gasteiger partial charge in [0.05, 0.1) is 0 Å². The average molecular weight is 298 g/mol. The highest BCUT2D eigenvalue weighted by Gasteiger charge is 2.25. The number of primary amides is 1. The van der Waals surface area contributed by atoms with Crippen molar-refractivity contribution in [2.24, 2.45) is 11.7 Å². The molecule has 5 nitrogen and oxygen atoms in total. The molecule has 7 heteroatoms. The van der Waals surface area contributed by atoms with Crippen molar-refractivity contribution in [3.63, 3.8) is 0 Å². The first kappa shape index (κ1) is 15.2. The summed E-state index contributed by atoms with van der Waals surface area (Å²) in [6, 6.07) is 1.84. The number of hydrogen-bond acceptors (Lipinski definition) is 3. The number of amides is 1. The van der Waals surface area contributed by atoms with Gasteiger partial charge in [-0.3, -0.25) is 9.59 Å². The Kier molecular flexibility index (Phi) is 4.40. The van der Waals surface area contributed by atoms with Gasteiger partial charge in [-0.1, -0.05) is 0 Å². The third-order valence-corrected chi connectivity index (χ3v) is 3.70. The summed E-state index contributed by atoms with van der Waals surface area (Å²) in [4.78, 5) is 23.1. The van der Waals surface area contributed by atoms with Crippen LogP contribution in [0.1, 0.15) is 29.6 Å². The molecule has 0 aromatic heterocycles. The number of halogens is 2. The quantitative estimate of drug-likeness (QED) is 0.887. The Morgan fingerprint density at radius 3 is 2.19 bits per heavy atom. The van der Waals surface area contributed by atoms with E-state index in [1.165, 1.54) is 4.90 Å². The predicted octanol–water partition coefficient (Wildman–Crippen LogP) is 1.75. The van der Waals surface area contributed by atoms with Crippen LogP contribution in [0, 0.1) is 17.6 Å². The highest BCUT2D eigenvalue weighted by Crippen LogP contribution is 2.30. The molecule has 1 aliphatic rings. The molecule has 2 rings (SSSR count). The van der Waals surface area contributed by atoms with Crippen LogP contribution < -0.4 is 10.6 Å². The lowest BCUT2D eigenvalue weighted by atomic mass is 9.93. The largest absolute Gasteiger partial charge is 0.481 e. The Bertz CT molecular complexity index is 546. The third kappa shape index (κ3) is 3.48. The van der Waals surface area contributed by atoms with Gasteiger partial charge in [0.1, 0.15) is 17.3 Å². The summed E-state index contributed by atoms with van der Waals surface area (Å²) in [6.45, 7) is 0.753. The van der Waals surface area contributed by atoms with Crippen LogP contribution in [0.4, 0.5) is 14.5 Å². The maximum Gasteiger partial charge on any atom is 0.303 e. The van der Waals surface area contributed by atoms with E-state index in [0.29, 0.717) is 25.9 Å². The van der Waals surface area contributed by atoms with Gasteiger partial charge in [-0.25, -0.2) is 8.78 Å². The SMILES string of the molecule is NC(=O)c1cc(F)c(N2CCC(CC(=O)O)CC2)c(F)c1. The van der Waals surface area contributed by atoms with Crippen LogP contribution in [-0.4, -0.2) is 30.1 Å². The standard InChI is InChI=1S/C14H16F2N2O3/c15-10-6-9(14(17)21)7-11(16)13(10)18-3-1-8(2-4-18)5-12(19)20/h6-8H,1-5H2,(H2,17,21)(H,19,20). The number of carboxylic acid groups (broad SMARTS) is 1. The van der Waals surface area contributed by atoms with Crippen LogP contribution in [0.25, 0.3) is 0 Å². The van der Waals surface area contributed by atoms with Gasteiger partial charge in [0.2, 0.25) is 5.91 Å². The molecule has 21 heavy (non-hydrogen) atoms. The molecular formula is C14H16F2N2O3. The maximum absolute atomic E-state index is 14.0. The van der Waals surface area contributed by atoms with Crippen molar-refractivity contribution in [3.8, 4) is 0 Å². The van der Waals surface area contributed by atoms with Gasteiger partial charge in [-0.05, 0) is 30.9 Å². The Labute approximate surface area is 120 Å². The minimum atomic E-state index is -0.889. The number of aliphatic carboxylic acids is 1. The van der Waals surface area contributed by atoms with E-state index in [9.17, 15) is 18.4 Å². The molecule has 1 aromatic rings. The summed E-state index contributed by atoms with van der Waals surface area (Å²) >= 11 is 0. The van der Waals surface area contributed by atoms with Gasteiger partial charge in [-0.15, -0.1) is 0 Å². The van der Waals surface area contributed by atoms with E-state index in [4.69, 9.17) is 10.8 Å². The lowest BCUT2D eigenvalue weighted by molar-refractivity contribution is -0.138. The van der Waals surface area contributed by atoms with Gasteiger partial charge < -0.3 is 15.7 Å². The lowest BCUT2D eigenvalue weighted by Crippen LogP contribution is -2.35. The van der Waals surface area contributed by atoms with Crippen LogP contribution in [-0.2, 0) is 4.79 Å². The van der Waals surface area contributed by atoms with Crippen molar-refractivity contribution >= 4 is 17.6 Å². The molecular weight excluding hydrogens is 282 g/mol. The molecule has 0 bridgehead atoms. The molecule has 1 aliphatic heterocycles. The lowest BCUT2D eigenvalue weighted by Gasteiger charge is -2.33. The van der Waals surface area contributed by atoms with Crippen LogP contribution >= 0.6 is 0 Å². The Morgan fingerprint density at radius 2 is 1.76 bits per heavy atom. The van der Waals surface area contributed by atoms with E-state index in [-0.39, 0.29) is 23.6 Å². The zero-order valence-electron chi connectivity index (χ0n) is 11.3. The van der Waals surface area contributed by atoms with Gasteiger partial charge in [0.15, 0.2) is 0 Å². The molecule has 0 aliphatic carbocycles. The molecule has 114 valence electrons. The number of benzene rings is 1. The van der Waals surface area contributed by atoms with Gasteiger partial charge in [0.25, 0.3) is 0 Å². The summed E-state index contributed by atoms with van der Waals surface area (Å²) in [7, 11) is 0. The number of nitrogens with zero attached hydrogens (tertiary/aromatic N) is 1. The highest BCUT2D eigenvalue weighted by molar-refractivity contribution is 5.93. The fourth-order valence-electron chi connectivity index (χ4n) is 2.62. The van der Waals surface area contributed by atoms with Crippen LogP contribution in [0.2, 0.25) is 0 Å². The molecule has 0 atom stereocenters. The predicted molar refractivity (Wildman–Crippen MR) is 72.1 cm³/mol. The molecule has 1 heterocycles. The number of carbonyl (C=O) groups excluding carboxylic acids is 1. The first-order valence-electron chi connectivity index (χ1n) is 6.64. The molecule has 0 radical (unpaired) electrons. The monoisotopic (exact) mass is 298 g/mol. The van der Waals surface area contributed by atoms with E-state index in [1.807, 2.05) is 0 Å². The van der Waals surface area contributed by atoms with Gasteiger partial charge in [-0.2, -0.15) is 0 Å². The molecule has 1 fully saturated rings. The summed E-state index contributed by atoms with van der Waals surface area (Å²) in [5.41, 5.74) is 4.60. The Morgan fingerprint density at radius 1 is 1.24 bits per heavy atom. The van der Waals surface area contributed by atoms with E-state index < -0.39 is 23.5 Å². The number of hydrogen-bond donors (Lipinski definition) is 2. The summed E-state index contributed by atoms with van der Waals surface area (Å²) in [5, 5.41) is 8.74. The number of anilines is 1. The minimum absolute atomic E-state index is 0.0229. The average Bonchev–Trinajstić information content (AvgIpc) is 2.39. The number of piperidine rings is 1. The summed E-state index contributed by atoms with van der Waals surface area (Å²) in [5.74, 6) is -3.40. The highest BCUT2D eigenvalue weighted by atomic mass is 19.1. The molecule has 3 N–H and O–H groups in total. The van der Waals surface area contributed by atoms with Gasteiger partial charge >= 0.3 is 5.97 Å². The molecule has 0 saturated carbocycles. The van der Waals surface area contributed by atoms with E-state index in [2.05, 4.69) is 0 Å². The van der Waals surface area contributed by atoms with E-state index in [1.54, 1.807) is 0 Å². The van der Waals surface area contributed by atoms with Crippen LogP contribution in [0.15, 0.2) is 12.1 Å². The third-order valence-electron chi connectivity index (χ3n) is 3.70. The fraction of sp³-hybridized carbons (Fsp3) is 0.429. The molecule has 0 spiro atoms. The minimum Gasteiger partial charge on any atom is -0.481 e. The molecule has 0 unspecified atom stereocenters. The molecule has 1 saturated heterocycles. The van der Waals surface area contributed by atoms with E-state index in [0.717, 1.165) is 12.1 Å².